The molecule has 3 aromatic carbocycles. The van der Waals surface area contributed by atoms with E-state index in [1.807, 2.05) is 86.6 Å². The molecule has 0 saturated carbocycles. The molecule has 6 heteroatoms. The topological polar surface area (TPSA) is 66.9 Å². The molecule has 0 spiro atoms. The number of aryl methyl sites for hydroxylation is 1. The smallest absolute Gasteiger partial charge is 0.307 e. The SMILES string of the molecule is COC(=O)C[C@]1(C)[C@H]2C(=O)N(c3ccccc3)C(=O)[C@@H]2[C@@H](c2ccc(C)cc2)N1c1ccccc1. The number of hydrogen-bond donors (Lipinski definition) is 0. The van der Waals surface area contributed by atoms with E-state index in [0.717, 1.165) is 16.8 Å². The lowest BCUT2D eigenvalue weighted by molar-refractivity contribution is -0.142. The van der Waals surface area contributed by atoms with Crippen molar-refractivity contribution in [2.24, 2.45) is 11.8 Å². The van der Waals surface area contributed by atoms with Crippen molar-refractivity contribution < 1.29 is 19.1 Å². The second kappa shape index (κ2) is 8.69. The van der Waals surface area contributed by atoms with Gasteiger partial charge in [0.15, 0.2) is 0 Å². The van der Waals surface area contributed by atoms with Gasteiger partial charge in [-0.2, -0.15) is 0 Å². The number of rotatable bonds is 5. The monoisotopic (exact) mass is 468 g/mol. The van der Waals surface area contributed by atoms with Gasteiger partial charge in [0.2, 0.25) is 11.8 Å². The summed E-state index contributed by atoms with van der Waals surface area (Å²) in [5.41, 5.74) is 2.45. The summed E-state index contributed by atoms with van der Waals surface area (Å²) in [5, 5.41) is 0. The van der Waals surface area contributed by atoms with E-state index in [-0.39, 0.29) is 18.2 Å². The predicted molar refractivity (Wildman–Crippen MR) is 134 cm³/mol. The standard InChI is InChI=1S/C29H28N2O4/c1-19-14-16-20(17-15-19)26-24-25(28(34)30(27(24)33)21-10-6-4-7-11-21)29(2,18-23(32)35-3)31(26)22-12-8-5-9-13-22/h4-17,24-26H,18H2,1-3H3/t24-,25+,26+,29+/m0/s1. The molecule has 0 N–H and O–H groups in total. The van der Waals surface area contributed by atoms with Gasteiger partial charge in [-0.05, 0) is 43.7 Å². The van der Waals surface area contributed by atoms with Crippen LogP contribution in [0.3, 0.4) is 0 Å². The highest BCUT2D eigenvalue weighted by Gasteiger charge is 2.68. The summed E-state index contributed by atoms with van der Waals surface area (Å²) in [7, 11) is 1.35. The number of esters is 1. The van der Waals surface area contributed by atoms with Crippen molar-refractivity contribution in [1.29, 1.82) is 0 Å². The summed E-state index contributed by atoms with van der Waals surface area (Å²) in [6, 6.07) is 26.3. The van der Waals surface area contributed by atoms with E-state index in [2.05, 4.69) is 4.90 Å². The molecule has 2 saturated heterocycles. The molecule has 35 heavy (non-hydrogen) atoms. The Bertz CT molecular complexity index is 1260. The van der Waals surface area contributed by atoms with Crippen molar-refractivity contribution in [3.8, 4) is 0 Å². The molecule has 0 bridgehead atoms. The van der Waals surface area contributed by atoms with Crippen LogP contribution >= 0.6 is 0 Å². The number of para-hydroxylation sites is 2. The third-order valence-electron chi connectivity index (χ3n) is 7.39. The first-order valence-corrected chi connectivity index (χ1v) is 11.8. The van der Waals surface area contributed by atoms with Gasteiger partial charge >= 0.3 is 5.97 Å². The Balaban J connectivity index is 1.73. The minimum absolute atomic E-state index is 0.0242. The molecule has 0 aromatic heterocycles. The van der Waals surface area contributed by atoms with E-state index >= 15 is 0 Å². The van der Waals surface area contributed by atoms with Crippen molar-refractivity contribution >= 4 is 29.2 Å². The quantitative estimate of drug-likeness (QED) is 0.402. The van der Waals surface area contributed by atoms with Gasteiger partial charge in [0.25, 0.3) is 0 Å². The first-order chi connectivity index (χ1) is 16.9. The second-order valence-electron chi connectivity index (χ2n) is 9.52. The Labute approximate surface area is 205 Å². The predicted octanol–water partition coefficient (Wildman–Crippen LogP) is 4.68. The molecule has 3 aromatic rings. The van der Waals surface area contributed by atoms with Crippen LogP contribution in [0.25, 0.3) is 0 Å². The molecule has 2 fully saturated rings. The van der Waals surface area contributed by atoms with Gasteiger partial charge in [-0.1, -0.05) is 66.2 Å². The van der Waals surface area contributed by atoms with Crippen LogP contribution in [0, 0.1) is 18.8 Å². The number of amides is 2. The Morgan fingerprint density at radius 2 is 1.43 bits per heavy atom. The van der Waals surface area contributed by atoms with Gasteiger partial charge in [0, 0.05) is 5.69 Å². The van der Waals surface area contributed by atoms with Crippen molar-refractivity contribution in [3.05, 3.63) is 96.1 Å². The number of carbonyl (C=O) groups excluding carboxylic acids is 3. The fourth-order valence-corrected chi connectivity index (χ4v) is 5.85. The molecule has 5 rings (SSSR count). The number of methoxy groups -OCH3 is 1. The van der Waals surface area contributed by atoms with Crippen LogP contribution in [-0.2, 0) is 19.1 Å². The summed E-state index contributed by atoms with van der Waals surface area (Å²) in [6.07, 6.45) is -0.0242. The lowest BCUT2D eigenvalue weighted by Gasteiger charge is -2.42. The molecule has 2 heterocycles. The Morgan fingerprint density at radius 1 is 0.857 bits per heavy atom. The maximum absolute atomic E-state index is 14.0. The van der Waals surface area contributed by atoms with E-state index in [4.69, 9.17) is 4.74 Å². The fraction of sp³-hybridized carbons (Fsp3) is 0.276. The van der Waals surface area contributed by atoms with Crippen molar-refractivity contribution in [1.82, 2.24) is 0 Å². The van der Waals surface area contributed by atoms with Crippen LogP contribution in [0.4, 0.5) is 11.4 Å². The summed E-state index contributed by atoms with van der Waals surface area (Å²) in [5.74, 6) is -2.32. The highest BCUT2D eigenvalue weighted by atomic mass is 16.5. The zero-order valence-electron chi connectivity index (χ0n) is 20.0. The van der Waals surface area contributed by atoms with E-state index in [1.165, 1.54) is 12.0 Å². The molecule has 178 valence electrons. The molecule has 0 radical (unpaired) electrons. The van der Waals surface area contributed by atoms with E-state index in [0.29, 0.717) is 5.69 Å². The minimum Gasteiger partial charge on any atom is -0.469 e. The molecule has 4 atom stereocenters. The molecular formula is C29H28N2O4. The third-order valence-corrected chi connectivity index (χ3v) is 7.39. The first kappa shape index (κ1) is 22.8. The Morgan fingerprint density at radius 3 is 2.00 bits per heavy atom. The first-order valence-electron chi connectivity index (χ1n) is 11.8. The highest BCUT2D eigenvalue weighted by Crippen LogP contribution is 2.58. The summed E-state index contributed by atoms with van der Waals surface area (Å²) >= 11 is 0. The van der Waals surface area contributed by atoms with Crippen LogP contribution in [0.2, 0.25) is 0 Å². The molecule has 6 nitrogen and oxygen atoms in total. The lowest BCUT2D eigenvalue weighted by atomic mass is 9.78. The van der Waals surface area contributed by atoms with E-state index in [9.17, 15) is 14.4 Å². The summed E-state index contributed by atoms with van der Waals surface area (Å²) in [4.78, 5) is 44.2. The summed E-state index contributed by atoms with van der Waals surface area (Å²) < 4.78 is 5.06. The van der Waals surface area contributed by atoms with Gasteiger partial charge < -0.3 is 9.64 Å². The number of benzene rings is 3. The van der Waals surface area contributed by atoms with Crippen LogP contribution in [-0.4, -0.2) is 30.4 Å². The normalized spacial score (nSPS) is 25.6. The number of anilines is 2. The van der Waals surface area contributed by atoms with Crippen LogP contribution in [0.1, 0.15) is 30.5 Å². The zero-order valence-corrected chi connectivity index (χ0v) is 20.0. The molecule has 0 unspecified atom stereocenters. The lowest BCUT2D eigenvalue weighted by Crippen LogP contribution is -2.52. The van der Waals surface area contributed by atoms with Gasteiger partial charge in [0.05, 0.1) is 42.6 Å². The van der Waals surface area contributed by atoms with Gasteiger partial charge in [-0.15, -0.1) is 0 Å². The number of imide groups is 1. The van der Waals surface area contributed by atoms with Crippen molar-refractivity contribution in [2.45, 2.75) is 31.8 Å². The number of carbonyl (C=O) groups is 3. The second-order valence-corrected chi connectivity index (χ2v) is 9.52. The number of fused-ring (bicyclic) bond motifs is 1. The van der Waals surface area contributed by atoms with Crippen LogP contribution in [0.15, 0.2) is 84.9 Å². The average molecular weight is 469 g/mol. The van der Waals surface area contributed by atoms with Gasteiger partial charge in [-0.25, -0.2) is 4.90 Å². The zero-order chi connectivity index (χ0) is 24.7. The number of nitrogens with zero attached hydrogens (tertiary/aromatic N) is 2. The molecule has 2 aliphatic rings. The number of hydrogen-bond acceptors (Lipinski definition) is 5. The molecule has 0 aliphatic carbocycles. The number of ether oxygens (including phenoxy) is 1. The van der Waals surface area contributed by atoms with Gasteiger partial charge in [-0.3, -0.25) is 14.4 Å². The van der Waals surface area contributed by atoms with Crippen molar-refractivity contribution in [3.63, 3.8) is 0 Å². The Kier molecular flexibility index (Phi) is 5.67. The minimum atomic E-state index is -0.981. The Hall–Kier alpha value is -3.93. The maximum Gasteiger partial charge on any atom is 0.307 e. The van der Waals surface area contributed by atoms with E-state index < -0.39 is 29.4 Å². The van der Waals surface area contributed by atoms with Crippen LogP contribution < -0.4 is 9.80 Å². The fourth-order valence-electron chi connectivity index (χ4n) is 5.85. The molecular weight excluding hydrogens is 440 g/mol. The molecule has 2 aliphatic heterocycles. The summed E-state index contributed by atoms with van der Waals surface area (Å²) in [6.45, 7) is 3.92. The maximum atomic E-state index is 14.0. The highest BCUT2D eigenvalue weighted by molar-refractivity contribution is 6.23. The molecule has 2 amide bonds. The van der Waals surface area contributed by atoms with Gasteiger partial charge in [0.1, 0.15) is 0 Å². The average Bonchev–Trinajstić information content (AvgIpc) is 3.29. The van der Waals surface area contributed by atoms with Crippen LogP contribution in [0.5, 0.6) is 0 Å². The van der Waals surface area contributed by atoms with E-state index in [1.54, 1.807) is 12.1 Å². The largest absolute Gasteiger partial charge is 0.469 e. The van der Waals surface area contributed by atoms with Crippen molar-refractivity contribution in [2.75, 3.05) is 16.9 Å². The third kappa shape index (κ3) is 3.60.